The van der Waals surface area contributed by atoms with E-state index in [1.165, 1.54) is 6.07 Å². The number of nitrogen functional groups attached to an aromatic ring is 1. The molecule has 1 aromatic carbocycles. The highest BCUT2D eigenvalue weighted by molar-refractivity contribution is 5.71. The number of nitrogens with zero attached hydrogens (tertiary/aromatic N) is 2. The van der Waals surface area contributed by atoms with Gasteiger partial charge in [0.25, 0.3) is 6.43 Å². The second kappa shape index (κ2) is 5.74. The number of hydrogen-bond acceptors (Lipinski definition) is 3. The Morgan fingerprint density at radius 1 is 1.11 bits per heavy atom. The SMILES string of the molecule is CC(C)N1CCN(c2cccc(C(F)F)c2N)CC1. The second-order valence-corrected chi connectivity index (χ2v) is 5.20. The molecular weight excluding hydrogens is 248 g/mol. The van der Waals surface area contributed by atoms with Crippen LogP contribution in [0.5, 0.6) is 0 Å². The average molecular weight is 269 g/mol. The van der Waals surface area contributed by atoms with E-state index in [-0.39, 0.29) is 11.3 Å². The van der Waals surface area contributed by atoms with Gasteiger partial charge in [0.1, 0.15) is 0 Å². The van der Waals surface area contributed by atoms with Crippen molar-refractivity contribution in [2.45, 2.75) is 26.3 Å². The molecule has 19 heavy (non-hydrogen) atoms. The van der Waals surface area contributed by atoms with E-state index in [0.29, 0.717) is 6.04 Å². The van der Waals surface area contributed by atoms with Crippen LogP contribution < -0.4 is 10.6 Å². The average Bonchev–Trinajstić information content (AvgIpc) is 2.38. The topological polar surface area (TPSA) is 32.5 Å². The molecule has 0 spiro atoms. The number of anilines is 2. The summed E-state index contributed by atoms with van der Waals surface area (Å²) >= 11 is 0. The fourth-order valence-electron chi connectivity index (χ4n) is 2.52. The summed E-state index contributed by atoms with van der Waals surface area (Å²) in [6, 6.07) is 5.40. The zero-order valence-electron chi connectivity index (χ0n) is 11.4. The van der Waals surface area contributed by atoms with Gasteiger partial charge in [-0.05, 0) is 19.9 Å². The largest absolute Gasteiger partial charge is 0.397 e. The molecule has 1 aliphatic heterocycles. The Balaban J connectivity index is 2.14. The van der Waals surface area contributed by atoms with Crippen LogP contribution >= 0.6 is 0 Å². The predicted octanol–water partition coefficient (Wildman–Crippen LogP) is 2.74. The van der Waals surface area contributed by atoms with Gasteiger partial charge in [-0.25, -0.2) is 8.78 Å². The summed E-state index contributed by atoms with van der Waals surface area (Å²) in [5, 5.41) is 0. The molecule has 1 fully saturated rings. The number of para-hydroxylation sites is 1. The lowest BCUT2D eigenvalue weighted by atomic mass is 10.1. The summed E-state index contributed by atoms with van der Waals surface area (Å²) in [5.41, 5.74) is 6.76. The molecule has 0 amide bonds. The van der Waals surface area contributed by atoms with E-state index in [4.69, 9.17) is 5.73 Å². The van der Waals surface area contributed by atoms with Crippen LogP contribution in [0.4, 0.5) is 20.2 Å². The van der Waals surface area contributed by atoms with Crippen LogP contribution in [0.1, 0.15) is 25.8 Å². The number of hydrogen-bond donors (Lipinski definition) is 1. The summed E-state index contributed by atoms with van der Waals surface area (Å²) in [5.74, 6) is 0. The Kier molecular flexibility index (Phi) is 4.24. The lowest BCUT2D eigenvalue weighted by Gasteiger charge is -2.38. The first-order valence-corrected chi connectivity index (χ1v) is 6.66. The third-order valence-electron chi connectivity index (χ3n) is 3.74. The number of nitrogens with two attached hydrogens (primary N) is 1. The van der Waals surface area contributed by atoms with Crippen molar-refractivity contribution < 1.29 is 8.78 Å². The van der Waals surface area contributed by atoms with Crippen molar-refractivity contribution >= 4 is 11.4 Å². The van der Waals surface area contributed by atoms with Crippen molar-refractivity contribution in [3.8, 4) is 0 Å². The number of halogens is 2. The Bertz CT molecular complexity index is 427. The zero-order valence-corrected chi connectivity index (χ0v) is 11.4. The van der Waals surface area contributed by atoms with Gasteiger partial charge >= 0.3 is 0 Å². The van der Waals surface area contributed by atoms with Gasteiger partial charge in [-0.2, -0.15) is 0 Å². The molecule has 0 bridgehead atoms. The van der Waals surface area contributed by atoms with Gasteiger partial charge in [0.15, 0.2) is 0 Å². The number of rotatable bonds is 3. The van der Waals surface area contributed by atoms with Crippen LogP contribution in [0.3, 0.4) is 0 Å². The van der Waals surface area contributed by atoms with Gasteiger partial charge in [-0.1, -0.05) is 12.1 Å². The summed E-state index contributed by atoms with van der Waals surface area (Å²) in [6.07, 6.45) is -2.52. The van der Waals surface area contributed by atoms with Gasteiger partial charge in [0.2, 0.25) is 0 Å². The van der Waals surface area contributed by atoms with Gasteiger partial charge < -0.3 is 10.6 Å². The molecule has 0 aliphatic carbocycles. The normalized spacial score (nSPS) is 17.5. The minimum atomic E-state index is -2.52. The van der Waals surface area contributed by atoms with E-state index >= 15 is 0 Å². The highest BCUT2D eigenvalue weighted by Gasteiger charge is 2.22. The maximum absolute atomic E-state index is 12.8. The predicted molar refractivity (Wildman–Crippen MR) is 74.7 cm³/mol. The molecule has 3 nitrogen and oxygen atoms in total. The summed E-state index contributed by atoms with van der Waals surface area (Å²) < 4.78 is 25.7. The molecule has 2 N–H and O–H groups in total. The molecule has 0 radical (unpaired) electrons. The number of piperazine rings is 1. The Hall–Kier alpha value is -1.36. The quantitative estimate of drug-likeness (QED) is 0.856. The smallest absolute Gasteiger partial charge is 0.265 e. The van der Waals surface area contributed by atoms with E-state index in [0.717, 1.165) is 31.9 Å². The van der Waals surface area contributed by atoms with E-state index in [9.17, 15) is 8.78 Å². The molecule has 1 saturated heterocycles. The van der Waals surface area contributed by atoms with Crippen LogP contribution in [0, 0.1) is 0 Å². The molecule has 1 heterocycles. The second-order valence-electron chi connectivity index (χ2n) is 5.20. The standard InChI is InChI=1S/C14H21F2N3/c1-10(2)18-6-8-19(9-7-18)12-5-3-4-11(13(12)17)14(15)16/h3-5,10,14H,6-9,17H2,1-2H3. The van der Waals surface area contributed by atoms with Gasteiger partial charge in [-0.15, -0.1) is 0 Å². The fourth-order valence-corrected chi connectivity index (χ4v) is 2.52. The minimum Gasteiger partial charge on any atom is -0.397 e. The Morgan fingerprint density at radius 2 is 1.74 bits per heavy atom. The van der Waals surface area contributed by atoms with Gasteiger partial charge in [-0.3, -0.25) is 4.90 Å². The highest BCUT2D eigenvalue weighted by Crippen LogP contribution is 2.33. The molecule has 106 valence electrons. The van der Waals surface area contributed by atoms with Crippen molar-refractivity contribution in [3.05, 3.63) is 23.8 Å². The monoisotopic (exact) mass is 269 g/mol. The molecule has 2 rings (SSSR count). The van der Waals surface area contributed by atoms with Crippen molar-refractivity contribution in [1.29, 1.82) is 0 Å². The van der Waals surface area contributed by atoms with E-state index < -0.39 is 6.43 Å². The van der Waals surface area contributed by atoms with Crippen LogP contribution in [0.2, 0.25) is 0 Å². The van der Waals surface area contributed by atoms with Gasteiger partial charge in [0.05, 0.1) is 11.4 Å². The van der Waals surface area contributed by atoms with Crippen LogP contribution in [-0.4, -0.2) is 37.1 Å². The zero-order chi connectivity index (χ0) is 14.0. The van der Waals surface area contributed by atoms with E-state index in [2.05, 4.69) is 23.6 Å². The van der Waals surface area contributed by atoms with Crippen LogP contribution in [-0.2, 0) is 0 Å². The summed E-state index contributed by atoms with van der Waals surface area (Å²) in [4.78, 5) is 4.48. The van der Waals surface area contributed by atoms with Crippen LogP contribution in [0.15, 0.2) is 18.2 Å². The van der Waals surface area contributed by atoms with Crippen molar-refractivity contribution in [3.63, 3.8) is 0 Å². The lowest BCUT2D eigenvalue weighted by Crippen LogP contribution is -2.49. The summed E-state index contributed by atoms with van der Waals surface area (Å²) in [6.45, 7) is 7.87. The third kappa shape index (κ3) is 2.97. The molecule has 5 heteroatoms. The first kappa shape index (κ1) is 14.1. The number of alkyl halides is 2. The first-order valence-electron chi connectivity index (χ1n) is 6.66. The number of benzene rings is 1. The van der Waals surface area contributed by atoms with E-state index in [1.807, 2.05) is 6.07 Å². The fraction of sp³-hybridized carbons (Fsp3) is 0.571. The van der Waals surface area contributed by atoms with Crippen LogP contribution in [0.25, 0.3) is 0 Å². The highest BCUT2D eigenvalue weighted by atomic mass is 19.3. The van der Waals surface area contributed by atoms with Crippen molar-refractivity contribution in [2.75, 3.05) is 36.8 Å². The third-order valence-corrected chi connectivity index (χ3v) is 3.74. The van der Waals surface area contributed by atoms with E-state index in [1.54, 1.807) is 6.07 Å². The maximum Gasteiger partial charge on any atom is 0.265 e. The molecule has 0 saturated carbocycles. The molecule has 1 aliphatic rings. The molecule has 0 atom stereocenters. The van der Waals surface area contributed by atoms with Crippen molar-refractivity contribution in [2.24, 2.45) is 0 Å². The first-order chi connectivity index (χ1) is 9.00. The van der Waals surface area contributed by atoms with Gasteiger partial charge in [0, 0.05) is 37.8 Å². The maximum atomic E-state index is 12.8. The summed E-state index contributed by atoms with van der Waals surface area (Å²) in [7, 11) is 0. The lowest BCUT2D eigenvalue weighted by molar-refractivity contribution is 0.152. The minimum absolute atomic E-state index is 0.0659. The molecule has 0 aromatic heterocycles. The molecule has 1 aromatic rings. The Labute approximate surface area is 113 Å². The molecular formula is C14H21F2N3. The Morgan fingerprint density at radius 3 is 2.26 bits per heavy atom. The van der Waals surface area contributed by atoms with Crippen molar-refractivity contribution in [1.82, 2.24) is 4.90 Å². The molecule has 0 unspecified atom stereocenters.